The Bertz CT molecular complexity index is 3440. The lowest BCUT2D eigenvalue weighted by molar-refractivity contribution is -0.140. The molecule has 22 heteroatoms. The zero-order chi connectivity index (χ0) is 50.3. The molecule has 73 heavy (non-hydrogen) atoms. The highest BCUT2D eigenvalue weighted by Gasteiger charge is 2.23. The molecule has 0 saturated heterocycles. The molecule has 0 fully saturated rings. The first kappa shape index (κ1) is 47.5. The van der Waals surface area contributed by atoms with E-state index in [9.17, 15) is 9.59 Å². The van der Waals surface area contributed by atoms with Crippen LogP contribution in [0.3, 0.4) is 0 Å². The van der Waals surface area contributed by atoms with Crippen molar-refractivity contribution in [3.63, 3.8) is 0 Å². The largest absolute Gasteiger partial charge is 0.459 e. The van der Waals surface area contributed by atoms with Gasteiger partial charge < -0.3 is 32.1 Å². The van der Waals surface area contributed by atoms with Gasteiger partial charge in [0.25, 0.3) is 29.4 Å². The van der Waals surface area contributed by atoms with Crippen LogP contribution >= 0.6 is 11.5 Å². The van der Waals surface area contributed by atoms with Gasteiger partial charge in [0, 0.05) is 68.5 Å². The minimum absolute atomic E-state index is 0.0305. The zero-order valence-corrected chi connectivity index (χ0v) is 40.3. The van der Waals surface area contributed by atoms with Gasteiger partial charge in [-0.15, -0.1) is 0 Å². The summed E-state index contributed by atoms with van der Waals surface area (Å²) in [6, 6.07) is 27.4. The second-order valence-corrected chi connectivity index (χ2v) is 17.3. The third-order valence-corrected chi connectivity index (χ3v) is 11.8. The van der Waals surface area contributed by atoms with E-state index in [0.717, 1.165) is 59.6 Å². The lowest BCUT2D eigenvalue weighted by atomic mass is 10.0. The Balaban J connectivity index is 0.942. The maximum Gasteiger partial charge on any atom is 0.380 e. The Morgan fingerprint density at radius 2 is 0.973 bits per heavy atom. The number of aromatic nitrogens is 12. The normalized spacial score (nSPS) is 11.3. The number of hydrogen-bond acceptors (Lipinski definition) is 22. The molecular formula is C51H42N12O9S. The average molecular weight is 999 g/mol. The highest BCUT2D eigenvalue weighted by molar-refractivity contribution is 7.09. The van der Waals surface area contributed by atoms with Crippen molar-refractivity contribution in [2.24, 2.45) is 0 Å². The maximum absolute atomic E-state index is 12.6. The number of carbonyl (C=O) groups excluding carboxylic acids is 2. The molecule has 0 amide bonds. The number of aryl methyl sites for hydroxylation is 2. The summed E-state index contributed by atoms with van der Waals surface area (Å²) in [5.41, 5.74) is 5.65. The van der Waals surface area contributed by atoms with Crippen LogP contribution in [0.25, 0.3) is 102 Å². The van der Waals surface area contributed by atoms with Gasteiger partial charge in [0.05, 0.1) is 0 Å². The quantitative estimate of drug-likeness (QED) is 0.0390. The van der Waals surface area contributed by atoms with E-state index in [0.29, 0.717) is 63.2 Å². The number of benzene rings is 4. The molecule has 4 aromatic carbocycles. The van der Waals surface area contributed by atoms with E-state index in [-0.39, 0.29) is 54.0 Å². The molecule has 0 radical (unpaired) electrons. The van der Waals surface area contributed by atoms with Crippen LogP contribution in [0.2, 0.25) is 0 Å². The first-order valence-electron chi connectivity index (χ1n) is 23.2. The average Bonchev–Trinajstić information content (AvgIpc) is 4.29. The first-order chi connectivity index (χ1) is 35.7. The fraction of sp³-hybridized carbons (Fsp3) is 0.216. The predicted molar refractivity (Wildman–Crippen MR) is 261 cm³/mol. The van der Waals surface area contributed by atoms with Gasteiger partial charge in [-0.1, -0.05) is 102 Å². The van der Waals surface area contributed by atoms with Crippen molar-refractivity contribution in [3.05, 3.63) is 121 Å². The van der Waals surface area contributed by atoms with Crippen molar-refractivity contribution in [2.75, 3.05) is 13.2 Å². The van der Waals surface area contributed by atoms with Crippen molar-refractivity contribution in [1.29, 1.82) is 0 Å². The molecule has 0 aliphatic carbocycles. The number of esters is 2. The Kier molecular flexibility index (Phi) is 13.9. The Hall–Kier alpha value is -9.18. The van der Waals surface area contributed by atoms with Crippen molar-refractivity contribution >= 4 is 23.5 Å². The molecule has 0 saturated carbocycles. The van der Waals surface area contributed by atoms with Crippen molar-refractivity contribution in [3.8, 4) is 102 Å². The lowest BCUT2D eigenvalue weighted by Crippen LogP contribution is -2.15. The Labute approximate surface area is 418 Å². The van der Waals surface area contributed by atoms with Gasteiger partial charge in [-0.2, -0.15) is 29.3 Å². The van der Waals surface area contributed by atoms with Gasteiger partial charge in [-0.05, 0) is 78.9 Å². The van der Waals surface area contributed by atoms with Crippen molar-refractivity contribution in [1.82, 2.24) is 60.1 Å². The molecule has 10 aromatic rings. The smallest absolute Gasteiger partial charge is 0.380 e. The van der Waals surface area contributed by atoms with Crippen LogP contribution in [0, 0.1) is 0 Å². The molecule has 21 nitrogen and oxygen atoms in total. The number of nitrogens with zero attached hydrogens (tertiary/aromatic N) is 12. The van der Waals surface area contributed by atoms with E-state index in [1.165, 1.54) is 18.5 Å². The summed E-state index contributed by atoms with van der Waals surface area (Å²) in [6.45, 7) is 8.88. The summed E-state index contributed by atoms with van der Waals surface area (Å²) < 4.78 is 43.2. The molecule has 0 N–H and O–H groups in total. The highest BCUT2D eigenvalue weighted by atomic mass is 32.1. The van der Waals surface area contributed by atoms with Gasteiger partial charge in [-0.25, -0.2) is 14.6 Å². The summed E-state index contributed by atoms with van der Waals surface area (Å²) >= 11 is 1.35. The van der Waals surface area contributed by atoms with Crippen LogP contribution in [0.1, 0.15) is 68.8 Å². The fourth-order valence-electron chi connectivity index (χ4n) is 7.24. The summed E-state index contributed by atoms with van der Waals surface area (Å²) in [5.74, 6) is 1.49. The van der Waals surface area contributed by atoms with Crippen molar-refractivity contribution < 1.29 is 41.7 Å². The van der Waals surface area contributed by atoms with Crippen LogP contribution in [0.15, 0.2) is 126 Å². The third kappa shape index (κ3) is 10.9. The fourth-order valence-corrected chi connectivity index (χ4v) is 7.94. The van der Waals surface area contributed by atoms with Crippen LogP contribution in [-0.2, 0) is 27.1 Å². The van der Waals surface area contributed by atoms with E-state index < -0.39 is 11.9 Å². The molecule has 0 spiro atoms. The Morgan fingerprint density at radius 3 is 1.55 bits per heavy atom. The molecule has 0 aliphatic heterocycles. The molecule has 6 aromatic heterocycles. The topological polar surface area (TPSA) is 273 Å². The number of carbonyl (C=O) groups is 2. The molecule has 6 heterocycles. The summed E-state index contributed by atoms with van der Waals surface area (Å²) in [7, 11) is 0. The first-order valence-corrected chi connectivity index (χ1v) is 23.9. The van der Waals surface area contributed by atoms with E-state index in [1.54, 1.807) is 42.5 Å². The van der Waals surface area contributed by atoms with Crippen LogP contribution in [-0.4, -0.2) is 85.2 Å². The maximum atomic E-state index is 12.6. The lowest BCUT2D eigenvalue weighted by Gasteiger charge is -2.04. The number of rotatable bonds is 20. The van der Waals surface area contributed by atoms with Crippen LogP contribution in [0.5, 0.6) is 0 Å². The van der Waals surface area contributed by atoms with E-state index in [4.69, 9.17) is 52.0 Å². The standard InChI is InChI=1S/C51H42N12O9S/c1-5-7-18-38-52-49(73-63-38)34-17-11-15-32(24-34)43-56-48(72-61-43)37-26-35(46-54-41(59-70-46)30-13-9-12-29(22-30)40-53-39(68-58-40)19-8-6-2)25-36(27-37)47-55-42(60-71-47)31-14-10-16-33(23-31)45-57-44(62-69-45)51(65)67-21-20-66-50(64)28(3)4/h9-17,22-27H,3,5-8,18-21H2,1-2,4H3. The van der Waals surface area contributed by atoms with Crippen molar-refractivity contribution in [2.45, 2.75) is 59.3 Å². The van der Waals surface area contributed by atoms with Gasteiger partial charge in [-0.3, -0.25) is 0 Å². The van der Waals surface area contributed by atoms with E-state index in [2.05, 4.69) is 60.6 Å². The second-order valence-electron chi connectivity index (χ2n) is 16.5. The third-order valence-electron chi connectivity index (χ3n) is 11.0. The molecule has 10 rings (SSSR count). The van der Waals surface area contributed by atoms with Crippen LogP contribution < -0.4 is 0 Å². The number of hydrogen-bond donors (Lipinski definition) is 0. The highest BCUT2D eigenvalue weighted by Crippen LogP contribution is 2.35. The minimum atomic E-state index is -0.865. The van der Waals surface area contributed by atoms with Crippen LogP contribution in [0.4, 0.5) is 0 Å². The number of ether oxygens (including phenoxy) is 2. The SMILES string of the molecule is C=C(C)C(=O)OCCOC(=O)c1noc(-c2cccc(-c3noc(-c4cc(-c5nc(-c6cccc(-c7noc(CCCC)n7)c6)no5)cc(-c5nc(-c6cccc(-c7nc(CCCC)ns7)c6)no5)c4)n3)c2)n1. The Morgan fingerprint density at radius 1 is 0.521 bits per heavy atom. The van der Waals surface area contributed by atoms with Gasteiger partial charge in [0.15, 0.2) is 0 Å². The van der Waals surface area contributed by atoms with Gasteiger partial charge >= 0.3 is 11.9 Å². The summed E-state index contributed by atoms with van der Waals surface area (Å²) in [5, 5.41) is 21.7. The molecule has 0 atom stereocenters. The summed E-state index contributed by atoms with van der Waals surface area (Å²) in [4.78, 5) is 52.1. The second kappa shape index (κ2) is 21.4. The van der Waals surface area contributed by atoms with Gasteiger partial charge in [0.1, 0.15) is 24.0 Å². The molecule has 366 valence electrons. The monoisotopic (exact) mass is 998 g/mol. The minimum Gasteiger partial charge on any atom is -0.459 e. The molecule has 0 unspecified atom stereocenters. The summed E-state index contributed by atoms with van der Waals surface area (Å²) in [6.07, 6.45) is 5.55. The zero-order valence-electron chi connectivity index (χ0n) is 39.5. The number of unbranched alkanes of at least 4 members (excludes halogenated alkanes) is 2. The van der Waals surface area contributed by atoms with E-state index >= 15 is 0 Å². The predicted octanol–water partition coefficient (Wildman–Crippen LogP) is 10.4. The molecular weight excluding hydrogens is 957 g/mol. The molecule has 0 bridgehead atoms. The van der Waals surface area contributed by atoms with E-state index in [1.807, 2.05) is 48.5 Å². The van der Waals surface area contributed by atoms with Gasteiger partial charge in [0.2, 0.25) is 29.2 Å². The molecule has 0 aliphatic rings.